The first-order valence-corrected chi connectivity index (χ1v) is 10.9. The summed E-state index contributed by atoms with van der Waals surface area (Å²) in [4.78, 5) is 33.7. The third-order valence-corrected chi connectivity index (χ3v) is 5.70. The van der Waals surface area contributed by atoms with Gasteiger partial charge in [0.1, 0.15) is 17.1 Å². The highest BCUT2D eigenvalue weighted by Crippen LogP contribution is 2.25. The van der Waals surface area contributed by atoms with E-state index in [1.54, 1.807) is 54.5 Å². The average Bonchev–Trinajstić information content (AvgIpc) is 2.84. The molecule has 3 aromatic rings. The van der Waals surface area contributed by atoms with Crippen LogP contribution in [0.3, 0.4) is 0 Å². The number of anilines is 2. The SMILES string of the molecule is Cc1ccc(C(=O)N(C)c2ccc(OC(=O)c3cccnc3N3CCCCC3)cc2)cc1. The quantitative estimate of drug-likeness (QED) is 0.427. The summed E-state index contributed by atoms with van der Waals surface area (Å²) in [5, 5.41) is 0. The first kappa shape index (κ1) is 21.6. The molecule has 4 rings (SSSR count). The summed E-state index contributed by atoms with van der Waals surface area (Å²) in [6.07, 6.45) is 5.11. The molecule has 0 radical (unpaired) electrons. The monoisotopic (exact) mass is 429 g/mol. The van der Waals surface area contributed by atoms with Crippen molar-refractivity contribution >= 4 is 23.4 Å². The molecule has 1 aliphatic rings. The number of pyridine rings is 1. The highest BCUT2D eigenvalue weighted by molar-refractivity contribution is 6.05. The van der Waals surface area contributed by atoms with Crippen molar-refractivity contribution in [2.24, 2.45) is 0 Å². The standard InChI is InChI=1S/C26H27N3O3/c1-19-8-10-20(11-9-19)25(30)28(2)21-12-14-22(15-13-21)32-26(31)23-7-6-16-27-24(23)29-17-4-3-5-18-29/h6-16H,3-5,17-18H2,1-2H3. The van der Waals surface area contributed by atoms with E-state index in [2.05, 4.69) is 9.88 Å². The van der Waals surface area contributed by atoms with E-state index in [-0.39, 0.29) is 5.91 Å². The Hall–Kier alpha value is -3.67. The topological polar surface area (TPSA) is 62.7 Å². The van der Waals surface area contributed by atoms with E-state index >= 15 is 0 Å². The summed E-state index contributed by atoms with van der Waals surface area (Å²) >= 11 is 0. The Kier molecular flexibility index (Phi) is 6.50. The summed E-state index contributed by atoms with van der Waals surface area (Å²) in [5.74, 6) is 0.562. The van der Waals surface area contributed by atoms with E-state index in [0.717, 1.165) is 31.5 Å². The first-order valence-electron chi connectivity index (χ1n) is 10.9. The van der Waals surface area contributed by atoms with Crippen molar-refractivity contribution in [3.63, 3.8) is 0 Å². The zero-order valence-electron chi connectivity index (χ0n) is 18.5. The molecular weight excluding hydrogens is 402 g/mol. The van der Waals surface area contributed by atoms with Crippen molar-refractivity contribution in [2.45, 2.75) is 26.2 Å². The van der Waals surface area contributed by atoms with Gasteiger partial charge in [-0.3, -0.25) is 4.79 Å². The van der Waals surface area contributed by atoms with Crippen LogP contribution in [0.2, 0.25) is 0 Å². The molecule has 6 heteroatoms. The fourth-order valence-electron chi connectivity index (χ4n) is 3.82. The predicted molar refractivity (Wildman–Crippen MR) is 126 cm³/mol. The van der Waals surface area contributed by atoms with E-state index in [1.165, 1.54) is 6.42 Å². The molecule has 0 atom stereocenters. The number of hydrogen-bond donors (Lipinski definition) is 0. The van der Waals surface area contributed by atoms with Gasteiger partial charge in [0.05, 0.1) is 0 Å². The number of aromatic nitrogens is 1. The fraction of sp³-hybridized carbons (Fsp3) is 0.269. The molecule has 0 N–H and O–H groups in total. The van der Waals surface area contributed by atoms with Crippen LogP contribution in [0.15, 0.2) is 66.9 Å². The van der Waals surface area contributed by atoms with Gasteiger partial charge in [0.2, 0.25) is 0 Å². The molecule has 1 fully saturated rings. The van der Waals surface area contributed by atoms with Crippen LogP contribution in [0.25, 0.3) is 0 Å². The third-order valence-electron chi connectivity index (χ3n) is 5.70. The fourth-order valence-corrected chi connectivity index (χ4v) is 3.82. The molecule has 0 saturated carbocycles. The van der Waals surface area contributed by atoms with Crippen molar-refractivity contribution in [1.29, 1.82) is 0 Å². The molecule has 2 heterocycles. The first-order chi connectivity index (χ1) is 15.5. The van der Waals surface area contributed by atoms with Gasteiger partial charge in [-0.15, -0.1) is 0 Å². The molecule has 2 aromatic carbocycles. The summed E-state index contributed by atoms with van der Waals surface area (Å²) < 4.78 is 5.62. The number of nitrogens with zero attached hydrogens (tertiary/aromatic N) is 3. The maximum Gasteiger partial charge on any atom is 0.347 e. The normalized spacial score (nSPS) is 13.5. The average molecular weight is 430 g/mol. The second-order valence-corrected chi connectivity index (χ2v) is 8.04. The Balaban J connectivity index is 1.45. The molecule has 1 aromatic heterocycles. The molecule has 1 saturated heterocycles. The molecule has 164 valence electrons. The number of benzene rings is 2. The maximum atomic E-state index is 12.9. The molecule has 1 amide bonds. The van der Waals surface area contributed by atoms with Gasteiger partial charge in [-0.05, 0) is 74.7 Å². The lowest BCUT2D eigenvalue weighted by Gasteiger charge is -2.28. The molecule has 0 bridgehead atoms. The van der Waals surface area contributed by atoms with Gasteiger partial charge in [0.15, 0.2) is 0 Å². The highest BCUT2D eigenvalue weighted by atomic mass is 16.5. The van der Waals surface area contributed by atoms with E-state index in [0.29, 0.717) is 28.4 Å². The molecule has 0 spiro atoms. The number of esters is 1. The zero-order chi connectivity index (χ0) is 22.5. The Bertz CT molecular complexity index is 1090. The van der Waals surface area contributed by atoms with E-state index in [4.69, 9.17) is 4.74 Å². The van der Waals surface area contributed by atoms with Crippen LogP contribution < -0.4 is 14.5 Å². The van der Waals surface area contributed by atoms with Gasteiger partial charge in [-0.1, -0.05) is 17.7 Å². The third kappa shape index (κ3) is 4.80. The van der Waals surface area contributed by atoms with E-state index < -0.39 is 5.97 Å². The minimum Gasteiger partial charge on any atom is -0.423 e. The minimum absolute atomic E-state index is 0.101. The van der Waals surface area contributed by atoms with Crippen molar-refractivity contribution in [3.8, 4) is 5.75 Å². The van der Waals surface area contributed by atoms with Gasteiger partial charge in [0.25, 0.3) is 5.91 Å². The largest absolute Gasteiger partial charge is 0.423 e. The van der Waals surface area contributed by atoms with Crippen molar-refractivity contribution in [1.82, 2.24) is 4.98 Å². The second-order valence-electron chi connectivity index (χ2n) is 8.04. The summed E-state index contributed by atoms with van der Waals surface area (Å²) in [7, 11) is 1.73. The van der Waals surface area contributed by atoms with Gasteiger partial charge >= 0.3 is 5.97 Å². The van der Waals surface area contributed by atoms with Gasteiger partial charge in [-0.25, -0.2) is 9.78 Å². The van der Waals surface area contributed by atoms with Crippen LogP contribution >= 0.6 is 0 Å². The van der Waals surface area contributed by atoms with E-state index in [1.807, 2.05) is 31.2 Å². The summed E-state index contributed by atoms with van der Waals surface area (Å²) in [6.45, 7) is 3.78. The molecule has 6 nitrogen and oxygen atoms in total. The lowest BCUT2D eigenvalue weighted by molar-refractivity contribution is 0.0734. The Morgan fingerprint density at radius 1 is 0.938 bits per heavy atom. The summed E-state index contributed by atoms with van der Waals surface area (Å²) in [5.41, 5.74) is 2.90. The molecule has 32 heavy (non-hydrogen) atoms. The number of amides is 1. The lowest BCUT2D eigenvalue weighted by Crippen LogP contribution is -2.32. The number of carbonyl (C=O) groups is 2. The van der Waals surface area contributed by atoms with E-state index in [9.17, 15) is 9.59 Å². The molecular formula is C26H27N3O3. The van der Waals surface area contributed by atoms with Crippen LogP contribution in [0.4, 0.5) is 11.5 Å². The molecule has 0 unspecified atom stereocenters. The van der Waals surface area contributed by atoms with Crippen LogP contribution in [-0.4, -0.2) is 37.0 Å². The lowest BCUT2D eigenvalue weighted by atomic mass is 10.1. The number of ether oxygens (including phenoxy) is 1. The van der Waals surface area contributed by atoms with Crippen LogP contribution in [-0.2, 0) is 0 Å². The Labute approximate surface area is 188 Å². The number of hydrogen-bond acceptors (Lipinski definition) is 5. The highest BCUT2D eigenvalue weighted by Gasteiger charge is 2.21. The van der Waals surface area contributed by atoms with Crippen molar-refractivity contribution in [2.75, 3.05) is 29.9 Å². The van der Waals surface area contributed by atoms with Crippen molar-refractivity contribution < 1.29 is 14.3 Å². The summed E-state index contributed by atoms with van der Waals surface area (Å²) in [6, 6.07) is 17.9. The maximum absolute atomic E-state index is 12.9. The van der Waals surface area contributed by atoms with Gasteiger partial charge < -0.3 is 14.5 Å². The molecule has 1 aliphatic heterocycles. The van der Waals surface area contributed by atoms with Gasteiger partial charge in [-0.2, -0.15) is 0 Å². The second kappa shape index (κ2) is 9.64. The number of rotatable bonds is 5. The Morgan fingerprint density at radius 3 is 2.31 bits per heavy atom. The van der Waals surface area contributed by atoms with Crippen molar-refractivity contribution in [3.05, 3.63) is 83.6 Å². The number of aryl methyl sites for hydroxylation is 1. The predicted octanol–water partition coefficient (Wildman–Crippen LogP) is 4.88. The number of piperidine rings is 1. The Morgan fingerprint density at radius 2 is 1.62 bits per heavy atom. The van der Waals surface area contributed by atoms with Crippen LogP contribution in [0.1, 0.15) is 45.5 Å². The van der Waals surface area contributed by atoms with Gasteiger partial charge in [0, 0.05) is 37.6 Å². The smallest absolute Gasteiger partial charge is 0.347 e. The zero-order valence-corrected chi connectivity index (χ0v) is 18.5. The number of carbonyl (C=O) groups excluding carboxylic acids is 2. The molecule has 0 aliphatic carbocycles. The van der Waals surface area contributed by atoms with Crippen LogP contribution in [0.5, 0.6) is 5.75 Å². The minimum atomic E-state index is -0.435. The van der Waals surface area contributed by atoms with Crippen LogP contribution in [0, 0.1) is 6.92 Å².